The fourth-order valence-corrected chi connectivity index (χ4v) is 3.66. The van der Waals surface area contributed by atoms with Gasteiger partial charge in [-0.3, -0.25) is 9.59 Å². The maximum Gasteiger partial charge on any atom is -1.00 e. The van der Waals surface area contributed by atoms with Crippen molar-refractivity contribution in [3.05, 3.63) is 88.7 Å². The summed E-state index contributed by atoms with van der Waals surface area (Å²) in [6.45, 7) is 2.85. The van der Waals surface area contributed by atoms with Crippen molar-refractivity contribution in [2.45, 2.75) is 13.8 Å². The molecule has 0 aliphatic heterocycles. The van der Waals surface area contributed by atoms with Crippen LogP contribution in [0.5, 0.6) is 0 Å². The molecule has 33 heavy (non-hydrogen) atoms. The molecule has 0 fully saturated rings. The molecule has 0 bridgehead atoms. The molecule has 0 saturated carbocycles. The maximum atomic E-state index is 13.1. The molecule has 174 valence electrons. The van der Waals surface area contributed by atoms with E-state index in [-0.39, 0.29) is 36.4 Å². The van der Waals surface area contributed by atoms with Gasteiger partial charge in [-0.15, -0.1) is 0 Å². The van der Waals surface area contributed by atoms with Gasteiger partial charge in [-0.25, -0.2) is 4.98 Å². The van der Waals surface area contributed by atoms with Crippen LogP contribution in [0.25, 0.3) is 0 Å². The molecule has 5 nitrogen and oxygen atoms in total. The monoisotopic (exact) mass is 533 g/mol. The Morgan fingerprint density at radius 1 is 0.788 bits per heavy atom. The van der Waals surface area contributed by atoms with Gasteiger partial charge >= 0.3 is 115 Å². The maximum absolute atomic E-state index is 13.1. The van der Waals surface area contributed by atoms with Gasteiger partial charge in [0.25, 0.3) is 0 Å². The number of carbonyl (C=O) groups is 2. The molecule has 3 rings (SSSR count). The van der Waals surface area contributed by atoms with Gasteiger partial charge in [0.05, 0.1) is 0 Å². The van der Waals surface area contributed by atoms with Crippen LogP contribution in [-0.4, -0.2) is 29.0 Å². The van der Waals surface area contributed by atoms with Crippen molar-refractivity contribution in [2.24, 2.45) is 0 Å². The Bertz CT molecular complexity index is 1080. The quantitative estimate of drug-likeness (QED) is 0.208. The summed E-state index contributed by atoms with van der Waals surface area (Å²) < 4.78 is 27.7. The van der Waals surface area contributed by atoms with E-state index < -0.39 is 11.6 Å². The molecule has 0 amide bonds. The number of hydrogen-bond donors (Lipinski definition) is 2. The molecule has 2 N–H and O–H groups in total. The van der Waals surface area contributed by atoms with E-state index in [1.807, 2.05) is 0 Å². The van der Waals surface area contributed by atoms with Gasteiger partial charge < -0.3 is 24.8 Å². The molecule has 1 heterocycles. The van der Waals surface area contributed by atoms with Crippen LogP contribution in [-0.2, 0) is 15.0 Å². The summed E-state index contributed by atoms with van der Waals surface area (Å²) in [7, 11) is 0. The van der Waals surface area contributed by atoms with Gasteiger partial charge in [-0.05, 0) is 12.1 Å². The summed E-state index contributed by atoms with van der Waals surface area (Å²) in [5, 5.41) is 14.6. The minimum atomic E-state index is -0.395. The Kier molecular flexibility index (Phi) is 13.2. The van der Waals surface area contributed by atoms with Gasteiger partial charge in [0.1, 0.15) is 11.4 Å². The van der Waals surface area contributed by atoms with Crippen molar-refractivity contribution in [3.63, 3.8) is 0 Å². The number of rotatable bonds is 6. The zero-order valence-electron chi connectivity index (χ0n) is 17.5. The van der Waals surface area contributed by atoms with Crippen molar-refractivity contribution in [2.75, 3.05) is 0 Å². The van der Waals surface area contributed by atoms with Crippen LogP contribution in [0.4, 0.5) is 8.78 Å². The summed E-state index contributed by atoms with van der Waals surface area (Å²) in [5.41, 5.74) is 1.64. The van der Waals surface area contributed by atoms with Crippen LogP contribution in [0, 0.1) is 22.5 Å². The molecule has 2 aromatic carbocycles. The molecule has 0 aliphatic carbocycles. The number of nitrogens with zero attached hydrogens (tertiary/aromatic N) is 1. The number of ketones is 2. The number of pyridine rings is 1. The summed E-state index contributed by atoms with van der Waals surface area (Å²) in [5.74, 6) is -1.04. The van der Waals surface area contributed by atoms with Gasteiger partial charge in [0.15, 0.2) is 11.6 Å². The Hall–Kier alpha value is -2.77. The second-order valence-electron chi connectivity index (χ2n) is 6.20. The molecular weight excluding hydrogens is 515 g/mol. The second-order valence-corrected chi connectivity index (χ2v) is 7.67. The minimum Gasteiger partial charge on any atom is -1.00 e. The molecular formula is C23H19Cl2F2FeN3O2. The Morgan fingerprint density at radius 3 is 1.52 bits per heavy atom. The number of carbonyl (C=O) groups excluding carboxylic acids is 2. The number of hydrogen-bond acceptors (Lipinski definition) is 5. The third-order valence-electron chi connectivity index (χ3n) is 3.87. The molecule has 0 aliphatic rings. The van der Waals surface area contributed by atoms with Gasteiger partial charge in [0.2, 0.25) is 0 Å². The first kappa shape index (κ1) is 30.2. The number of halogens is 4. The Morgan fingerprint density at radius 2 is 1.18 bits per heavy atom. The van der Waals surface area contributed by atoms with E-state index >= 15 is 0 Å². The predicted octanol–water partition coefficient (Wildman–Crippen LogP) is -2.51. The van der Waals surface area contributed by atoms with Crippen molar-refractivity contribution in [3.8, 4) is 0 Å². The van der Waals surface area contributed by atoms with Crippen LogP contribution >= 0.6 is 0 Å². The van der Waals surface area contributed by atoms with Gasteiger partial charge in [0, 0.05) is 13.8 Å². The van der Waals surface area contributed by atoms with Crippen LogP contribution in [0.1, 0.15) is 46.0 Å². The fourth-order valence-electron chi connectivity index (χ4n) is 2.33. The van der Waals surface area contributed by atoms with Crippen LogP contribution < -0.4 is 33.7 Å². The minimum absolute atomic E-state index is 0. The van der Waals surface area contributed by atoms with Crippen LogP contribution in [0.3, 0.4) is 0 Å². The first-order chi connectivity index (χ1) is 14.7. The van der Waals surface area contributed by atoms with E-state index in [0.29, 0.717) is 37.5 Å². The van der Waals surface area contributed by atoms with Crippen molar-refractivity contribution >= 4 is 32.9 Å². The topological polar surface area (TPSA) is 94.7 Å². The van der Waals surface area contributed by atoms with Crippen molar-refractivity contribution < 1.29 is 58.1 Å². The molecule has 10 heteroatoms. The van der Waals surface area contributed by atoms with Crippen molar-refractivity contribution in [1.29, 1.82) is 10.8 Å². The largest absolute Gasteiger partial charge is 1.00 e. The first-order valence-corrected chi connectivity index (χ1v) is 10.1. The second kappa shape index (κ2) is 14.4. The SMILES string of the molecule is CC(=O)c1cccc(C(C)=O)n1.N=Cc1cc(F)cc[c]1[Fe+2][c]1ccc(F)cc1C=N.[Cl-].[Cl-]. The normalized spacial score (nSPS) is 9.33. The zero-order chi connectivity index (χ0) is 23.0. The molecule has 0 saturated heterocycles. The smallest absolute Gasteiger partial charge is 1.00 e. The molecule has 3 aromatic rings. The molecule has 0 unspecified atom stereocenters. The first-order valence-electron chi connectivity index (χ1n) is 8.96. The van der Waals surface area contributed by atoms with E-state index in [0.717, 1.165) is 21.4 Å². The fraction of sp³-hybridized carbons (Fsp3) is 0.0870. The molecule has 1 aromatic heterocycles. The third kappa shape index (κ3) is 8.94. The predicted molar refractivity (Wildman–Crippen MR) is 112 cm³/mol. The summed E-state index contributed by atoms with van der Waals surface area (Å²) in [4.78, 5) is 25.6. The summed E-state index contributed by atoms with van der Waals surface area (Å²) in [6, 6.07) is 13.3. The molecule has 0 radical (unpaired) electrons. The zero-order valence-corrected chi connectivity index (χ0v) is 20.1. The van der Waals surface area contributed by atoms with E-state index in [1.165, 1.54) is 38.1 Å². The average Bonchev–Trinajstić information content (AvgIpc) is 2.76. The van der Waals surface area contributed by atoms with Crippen molar-refractivity contribution in [1.82, 2.24) is 4.98 Å². The van der Waals surface area contributed by atoms with Gasteiger partial charge in [-0.2, -0.15) is 0 Å². The number of Topliss-reactive ketones (excluding diaryl/α,β-unsaturated/α-hetero) is 2. The van der Waals surface area contributed by atoms with Gasteiger partial charge in [-0.1, -0.05) is 6.07 Å². The Balaban J connectivity index is 0.000000640. The number of benzene rings is 2. The molecule has 0 atom stereocenters. The summed E-state index contributed by atoms with van der Waals surface area (Å²) >= 11 is 0.427. The van der Waals surface area contributed by atoms with Crippen LogP contribution in [0.2, 0.25) is 0 Å². The third-order valence-corrected chi connectivity index (χ3v) is 5.47. The number of nitrogens with one attached hydrogen (secondary N) is 2. The van der Waals surface area contributed by atoms with E-state index in [4.69, 9.17) is 10.8 Å². The average molecular weight is 534 g/mol. The van der Waals surface area contributed by atoms with E-state index in [9.17, 15) is 18.4 Å². The van der Waals surface area contributed by atoms with E-state index in [2.05, 4.69) is 4.98 Å². The standard InChI is InChI=1S/C9H9NO2.2C7H5FN.2ClH.Fe/c1-6(11)8-4-3-5-9(10-8)7(2)12;2*8-7-3-1-2-6(4-7)5-9;;;/h3-5H,1-2H3;2*1,3-5,9H;2*1H;/q;;;;;+2/p-2. The molecule has 0 spiro atoms. The Labute approximate surface area is 209 Å². The van der Waals surface area contributed by atoms with E-state index in [1.54, 1.807) is 30.3 Å². The summed E-state index contributed by atoms with van der Waals surface area (Å²) in [6.07, 6.45) is 2.18. The number of aromatic nitrogens is 1. The van der Waals surface area contributed by atoms with Crippen LogP contribution in [0.15, 0.2) is 54.6 Å².